The summed E-state index contributed by atoms with van der Waals surface area (Å²) < 4.78 is 8.79. The lowest BCUT2D eigenvalue weighted by molar-refractivity contribution is -0.113. The highest BCUT2D eigenvalue weighted by Crippen LogP contribution is 2.41. The fourth-order valence-electron chi connectivity index (χ4n) is 4.47. The summed E-state index contributed by atoms with van der Waals surface area (Å²) in [6, 6.07) is 16.3. The van der Waals surface area contributed by atoms with Gasteiger partial charge in [-0.2, -0.15) is 10.1 Å². The Balaban J connectivity index is 1.55. The van der Waals surface area contributed by atoms with Crippen LogP contribution in [0.2, 0.25) is 10.0 Å². The summed E-state index contributed by atoms with van der Waals surface area (Å²) in [5.41, 5.74) is 5.54. The van der Waals surface area contributed by atoms with E-state index in [4.69, 9.17) is 27.9 Å². The number of nitrogens with one attached hydrogen (secondary N) is 2. The monoisotopic (exact) mass is 611 g/mol. The lowest BCUT2D eigenvalue weighted by Gasteiger charge is -2.30. The van der Waals surface area contributed by atoms with E-state index in [1.165, 1.54) is 6.33 Å². The van der Waals surface area contributed by atoms with Gasteiger partial charge < -0.3 is 15.4 Å². The molecule has 5 rings (SSSR count). The molecule has 0 bridgehead atoms. The Morgan fingerprint density at radius 2 is 1.92 bits per heavy atom. The van der Waals surface area contributed by atoms with Crippen molar-refractivity contribution in [1.82, 2.24) is 14.8 Å². The Hall–Kier alpha value is -3.33. The van der Waals surface area contributed by atoms with Crippen LogP contribution in [-0.4, -0.2) is 20.7 Å². The molecule has 0 saturated carbocycles. The number of amides is 1. The molecule has 1 aromatic heterocycles. The number of anilines is 2. The zero-order chi connectivity index (χ0) is 27.0. The minimum Gasteiger partial charge on any atom is -0.488 e. The molecular formula is C28H24BrCl2N5O2. The number of aryl methyl sites for hydroxylation is 2. The summed E-state index contributed by atoms with van der Waals surface area (Å²) >= 11 is 16.0. The van der Waals surface area contributed by atoms with E-state index in [2.05, 4.69) is 36.6 Å². The molecule has 1 aliphatic rings. The van der Waals surface area contributed by atoms with Crippen LogP contribution in [0.1, 0.15) is 35.2 Å². The third kappa shape index (κ3) is 5.29. The molecular weight excluding hydrogens is 589 g/mol. The van der Waals surface area contributed by atoms with E-state index in [0.717, 1.165) is 32.4 Å². The molecule has 1 unspecified atom stereocenters. The SMILES string of the molecule is CC1=C(C(=O)Nc2ccc(C)cc2C)C(c2cc(Br)ccc2OCc2ccc(Cl)cc2Cl)n2ncnc2N1. The summed E-state index contributed by atoms with van der Waals surface area (Å²) in [6.07, 6.45) is 1.46. The molecule has 1 atom stereocenters. The van der Waals surface area contributed by atoms with Crippen LogP contribution in [0.5, 0.6) is 5.75 Å². The first-order valence-corrected chi connectivity index (χ1v) is 13.4. The van der Waals surface area contributed by atoms with Crippen molar-refractivity contribution in [3.63, 3.8) is 0 Å². The number of carbonyl (C=O) groups is 1. The third-order valence-corrected chi connectivity index (χ3v) is 7.41. The number of allylic oxidation sites excluding steroid dienone is 1. The number of ether oxygens (including phenoxy) is 1. The Morgan fingerprint density at radius 1 is 1.11 bits per heavy atom. The molecule has 194 valence electrons. The van der Waals surface area contributed by atoms with Gasteiger partial charge in [0.05, 0.1) is 5.57 Å². The zero-order valence-electron chi connectivity index (χ0n) is 20.8. The number of nitrogens with zero attached hydrogens (tertiary/aromatic N) is 3. The van der Waals surface area contributed by atoms with E-state index in [-0.39, 0.29) is 12.5 Å². The van der Waals surface area contributed by atoms with Crippen LogP contribution < -0.4 is 15.4 Å². The van der Waals surface area contributed by atoms with Gasteiger partial charge in [-0.1, -0.05) is 62.9 Å². The van der Waals surface area contributed by atoms with Crippen LogP contribution in [-0.2, 0) is 11.4 Å². The lowest BCUT2D eigenvalue weighted by atomic mass is 9.94. The quantitative estimate of drug-likeness (QED) is 0.236. The second-order valence-corrected chi connectivity index (χ2v) is 10.8. The fraction of sp³-hybridized carbons (Fsp3) is 0.179. The molecule has 3 aromatic carbocycles. The number of hydrogen-bond donors (Lipinski definition) is 2. The standard InChI is InChI=1S/C28H24BrCl2N5O2/c1-15-4-8-23(16(2)10-15)35-27(37)25-17(3)34-28-32-14-33-36(28)26(25)21-11-19(29)6-9-24(21)38-13-18-5-7-20(30)12-22(18)31/h4-12,14,26H,13H2,1-3H3,(H,35,37)(H,32,33,34). The largest absolute Gasteiger partial charge is 0.488 e. The van der Waals surface area contributed by atoms with Gasteiger partial charge in [-0.15, -0.1) is 0 Å². The van der Waals surface area contributed by atoms with Crippen molar-refractivity contribution in [3.8, 4) is 5.75 Å². The normalized spacial score (nSPS) is 14.6. The minimum atomic E-state index is -0.604. The van der Waals surface area contributed by atoms with Crippen LogP contribution in [0.15, 0.2) is 76.7 Å². The Morgan fingerprint density at radius 3 is 2.68 bits per heavy atom. The molecule has 2 N–H and O–H groups in total. The molecule has 1 amide bonds. The average molecular weight is 613 g/mol. The third-order valence-electron chi connectivity index (χ3n) is 6.33. The van der Waals surface area contributed by atoms with Crippen LogP contribution in [0.3, 0.4) is 0 Å². The van der Waals surface area contributed by atoms with Crippen LogP contribution >= 0.6 is 39.1 Å². The lowest BCUT2D eigenvalue weighted by Crippen LogP contribution is -2.32. The maximum absolute atomic E-state index is 13.8. The molecule has 10 heteroatoms. The summed E-state index contributed by atoms with van der Waals surface area (Å²) in [4.78, 5) is 18.2. The number of halogens is 3. The average Bonchev–Trinajstić information content (AvgIpc) is 3.33. The molecule has 0 saturated heterocycles. The van der Waals surface area contributed by atoms with Crippen molar-refractivity contribution in [2.24, 2.45) is 0 Å². The second-order valence-electron chi connectivity index (χ2n) is 9.07. The van der Waals surface area contributed by atoms with Gasteiger partial charge in [0.15, 0.2) is 0 Å². The summed E-state index contributed by atoms with van der Waals surface area (Å²) in [5, 5.41) is 11.8. The van der Waals surface area contributed by atoms with E-state index in [1.807, 2.05) is 63.2 Å². The van der Waals surface area contributed by atoms with E-state index < -0.39 is 6.04 Å². The Kier molecular flexibility index (Phi) is 7.47. The van der Waals surface area contributed by atoms with Gasteiger partial charge in [-0.3, -0.25) is 4.79 Å². The molecule has 1 aliphatic heterocycles. The first-order chi connectivity index (χ1) is 18.2. The van der Waals surface area contributed by atoms with Gasteiger partial charge in [0.1, 0.15) is 24.7 Å². The molecule has 0 fully saturated rings. The Bertz CT molecular complexity index is 1580. The summed E-state index contributed by atoms with van der Waals surface area (Å²) in [5.74, 6) is 0.860. The molecule has 2 heterocycles. The minimum absolute atomic E-state index is 0.215. The topological polar surface area (TPSA) is 81.1 Å². The molecule has 4 aromatic rings. The maximum atomic E-state index is 13.8. The number of aromatic nitrogens is 3. The van der Waals surface area contributed by atoms with Crippen molar-refractivity contribution in [2.75, 3.05) is 10.6 Å². The molecule has 7 nitrogen and oxygen atoms in total. The highest BCUT2D eigenvalue weighted by atomic mass is 79.9. The van der Waals surface area contributed by atoms with Crippen LogP contribution in [0, 0.1) is 13.8 Å². The van der Waals surface area contributed by atoms with Crippen molar-refractivity contribution >= 4 is 56.7 Å². The maximum Gasteiger partial charge on any atom is 0.255 e. The van der Waals surface area contributed by atoms with Crippen LogP contribution in [0.4, 0.5) is 11.6 Å². The molecule has 0 spiro atoms. The van der Waals surface area contributed by atoms with Gasteiger partial charge in [0.2, 0.25) is 5.95 Å². The number of carbonyl (C=O) groups excluding carboxylic acids is 1. The molecule has 0 aliphatic carbocycles. The molecule has 0 radical (unpaired) electrons. The van der Waals surface area contributed by atoms with Gasteiger partial charge >= 0.3 is 0 Å². The van der Waals surface area contributed by atoms with E-state index in [1.54, 1.807) is 16.8 Å². The van der Waals surface area contributed by atoms with Gasteiger partial charge in [0.25, 0.3) is 5.91 Å². The van der Waals surface area contributed by atoms with E-state index in [0.29, 0.717) is 33.0 Å². The number of rotatable bonds is 6. The van der Waals surface area contributed by atoms with Crippen molar-refractivity contribution in [3.05, 3.63) is 109 Å². The summed E-state index contributed by atoms with van der Waals surface area (Å²) in [6.45, 7) is 6.06. The van der Waals surface area contributed by atoms with Crippen molar-refractivity contribution in [2.45, 2.75) is 33.4 Å². The van der Waals surface area contributed by atoms with Crippen LogP contribution in [0.25, 0.3) is 0 Å². The first kappa shape index (κ1) is 26.3. The smallest absolute Gasteiger partial charge is 0.255 e. The van der Waals surface area contributed by atoms with E-state index in [9.17, 15) is 4.79 Å². The number of fused-ring (bicyclic) bond motifs is 1. The van der Waals surface area contributed by atoms with Gasteiger partial charge in [-0.05, 0) is 62.7 Å². The van der Waals surface area contributed by atoms with Crippen molar-refractivity contribution < 1.29 is 9.53 Å². The highest BCUT2D eigenvalue weighted by molar-refractivity contribution is 9.10. The highest BCUT2D eigenvalue weighted by Gasteiger charge is 2.35. The summed E-state index contributed by atoms with van der Waals surface area (Å²) in [7, 11) is 0. The Labute approximate surface area is 239 Å². The molecule has 38 heavy (non-hydrogen) atoms. The second kappa shape index (κ2) is 10.8. The van der Waals surface area contributed by atoms with Gasteiger partial charge in [-0.25, -0.2) is 4.68 Å². The zero-order valence-corrected chi connectivity index (χ0v) is 23.9. The predicted octanol–water partition coefficient (Wildman–Crippen LogP) is 7.47. The van der Waals surface area contributed by atoms with Gasteiger partial charge in [0, 0.05) is 37.0 Å². The van der Waals surface area contributed by atoms with E-state index >= 15 is 0 Å². The predicted molar refractivity (Wildman–Crippen MR) is 154 cm³/mol. The van der Waals surface area contributed by atoms with Crippen molar-refractivity contribution in [1.29, 1.82) is 0 Å². The fourth-order valence-corrected chi connectivity index (χ4v) is 5.32. The first-order valence-electron chi connectivity index (χ1n) is 11.8. The number of hydrogen-bond acceptors (Lipinski definition) is 5. The number of benzene rings is 3.